The SMILES string of the molecule is COc1ccc(-c2nc(CC(=O)Nc3cccc(C(C)=O)c3)cs2)cc1OC. The van der Waals surface area contributed by atoms with Gasteiger partial charge in [0.1, 0.15) is 5.01 Å². The van der Waals surface area contributed by atoms with Gasteiger partial charge in [-0.15, -0.1) is 11.3 Å². The molecule has 0 saturated carbocycles. The maximum Gasteiger partial charge on any atom is 0.230 e. The van der Waals surface area contributed by atoms with E-state index in [1.54, 1.807) is 38.5 Å². The number of carbonyl (C=O) groups is 2. The maximum atomic E-state index is 12.3. The molecule has 0 fully saturated rings. The van der Waals surface area contributed by atoms with E-state index < -0.39 is 0 Å². The number of Topliss-reactive ketones (excluding diaryl/α,β-unsaturated/α-hetero) is 1. The molecule has 1 aromatic heterocycles. The van der Waals surface area contributed by atoms with Crippen LogP contribution in [0.3, 0.4) is 0 Å². The van der Waals surface area contributed by atoms with Crippen LogP contribution in [0.4, 0.5) is 5.69 Å². The van der Waals surface area contributed by atoms with Gasteiger partial charge in [-0.2, -0.15) is 0 Å². The van der Waals surface area contributed by atoms with Crippen LogP contribution in [-0.4, -0.2) is 30.9 Å². The van der Waals surface area contributed by atoms with Gasteiger partial charge >= 0.3 is 0 Å². The zero-order valence-electron chi connectivity index (χ0n) is 15.8. The number of thiazole rings is 1. The largest absolute Gasteiger partial charge is 0.493 e. The predicted octanol–water partition coefficient (Wildman–Crippen LogP) is 4.21. The molecule has 3 rings (SSSR count). The van der Waals surface area contributed by atoms with Crippen molar-refractivity contribution in [3.8, 4) is 22.1 Å². The lowest BCUT2D eigenvalue weighted by Gasteiger charge is -2.08. The van der Waals surface area contributed by atoms with Crippen molar-refractivity contribution in [2.75, 3.05) is 19.5 Å². The number of rotatable bonds is 7. The predicted molar refractivity (Wildman–Crippen MR) is 109 cm³/mol. The van der Waals surface area contributed by atoms with Crippen LogP contribution in [-0.2, 0) is 11.2 Å². The fourth-order valence-electron chi connectivity index (χ4n) is 2.68. The van der Waals surface area contributed by atoms with E-state index in [4.69, 9.17) is 9.47 Å². The minimum atomic E-state index is -0.190. The smallest absolute Gasteiger partial charge is 0.230 e. The third-order valence-electron chi connectivity index (χ3n) is 4.08. The summed E-state index contributed by atoms with van der Waals surface area (Å²) in [6.07, 6.45) is 0.147. The van der Waals surface area contributed by atoms with Crippen molar-refractivity contribution in [3.05, 3.63) is 59.1 Å². The van der Waals surface area contributed by atoms with Gasteiger partial charge in [-0.25, -0.2) is 4.98 Å². The molecule has 1 heterocycles. The Hall–Kier alpha value is -3.19. The van der Waals surface area contributed by atoms with E-state index in [0.717, 1.165) is 10.6 Å². The first-order chi connectivity index (χ1) is 13.5. The molecule has 6 nitrogen and oxygen atoms in total. The van der Waals surface area contributed by atoms with Crippen molar-refractivity contribution in [3.63, 3.8) is 0 Å². The van der Waals surface area contributed by atoms with Crippen LogP contribution in [0.15, 0.2) is 47.8 Å². The first-order valence-corrected chi connectivity index (χ1v) is 9.45. The first kappa shape index (κ1) is 19.6. The van der Waals surface area contributed by atoms with Crippen LogP contribution in [0.2, 0.25) is 0 Å². The topological polar surface area (TPSA) is 77.5 Å². The number of methoxy groups -OCH3 is 2. The van der Waals surface area contributed by atoms with Gasteiger partial charge in [-0.1, -0.05) is 12.1 Å². The van der Waals surface area contributed by atoms with Gasteiger partial charge < -0.3 is 14.8 Å². The Morgan fingerprint density at radius 3 is 2.57 bits per heavy atom. The molecule has 0 unspecified atom stereocenters. The second kappa shape index (κ2) is 8.67. The number of ether oxygens (including phenoxy) is 2. The quantitative estimate of drug-likeness (QED) is 0.605. The molecule has 0 aliphatic rings. The highest BCUT2D eigenvalue weighted by atomic mass is 32.1. The molecule has 28 heavy (non-hydrogen) atoms. The molecule has 0 saturated heterocycles. The summed E-state index contributed by atoms with van der Waals surface area (Å²) in [4.78, 5) is 28.3. The lowest BCUT2D eigenvalue weighted by Crippen LogP contribution is -2.14. The molecule has 0 radical (unpaired) electrons. The first-order valence-electron chi connectivity index (χ1n) is 8.58. The van der Waals surface area contributed by atoms with Crippen LogP contribution in [0.5, 0.6) is 11.5 Å². The fourth-order valence-corrected chi connectivity index (χ4v) is 3.49. The molecule has 2 aromatic carbocycles. The van der Waals surface area contributed by atoms with Crippen LogP contribution in [0.1, 0.15) is 23.0 Å². The van der Waals surface area contributed by atoms with Gasteiger partial charge in [0, 0.05) is 22.2 Å². The standard InChI is InChI=1S/C21H20N2O4S/c1-13(24)14-5-4-6-16(9-14)22-20(25)11-17-12-28-21(23-17)15-7-8-18(26-2)19(10-15)27-3/h4-10,12H,11H2,1-3H3,(H,22,25). The average molecular weight is 396 g/mol. The zero-order chi connectivity index (χ0) is 20.1. The minimum absolute atomic E-state index is 0.0461. The van der Waals surface area contributed by atoms with E-state index in [2.05, 4.69) is 10.3 Å². The summed E-state index contributed by atoms with van der Waals surface area (Å²) in [5.74, 6) is 1.04. The summed E-state index contributed by atoms with van der Waals surface area (Å²) >= 11 is 1.46. The van der Waals surface area contributed by atoms with Gasteiger partial charge in [0.25, 0.3) is 0 Å². The third kappa shape index (κ3) is 4.55. The summed E-state index contributed by atoms with van der Waals surface area (Å²) in [6.45, 7) is 1.49. The number of nitrogens with zero attached hydrogens (tertiary/aromatic N) is 1. The number of carbonyl (C=O) groups excluding carboxylic acids is 2. The highest BCUT2D eigenvalue weighted by molar-refractivity contribution is 7.13. The van der Waals surface area contributed by atoms with Crippen LogP contribution in [0.25, 0.3) is 10.6 Å². The number of aromatic nitrogens is 1. The van der Waals surface area contributed by atoms with Gasteiger partial charge in [-0.3, -0.25) is 9.59 Å². The minimum Gasteiger partial charge on any atom is -0.493 e. The van der Waals surface area contributed by atoms with Crippen molar-refractivity contribution in [2.24, 2.45) is 0 Å². The average Bonchev–Trinajstić information content (AvgIpc) is 3.15. The van der Waals surface area contributed by atoms with Crippen LogP contribution < -0.4 is 14.8 Å². The van der Waals surface area contributed by atoms with E-state index in [9.17, 15) is 9.59 Å². The van der Waals surface area contributed by atoms with E-state index in [-0.39, 0.29) is 18.1 Å². The highest BCUT2D eigenvalue weighted by Gasteiger charge is 2.12. The number of nitrogens with one attached hydrogen (secondary N) is 1. The van der Waals surface area contributed by atoms with E-state index >= 15 is 0 Å². The number of benzene rings is 2. The van der Waals surface area contributed by atoms with Gasteiger partial charge in [0.15, 0.2) is 17.3 Å². The Morgan fingerprint density at radius 1 is 1.07 bits per heavy atom. The van der Waals surface area contributed by atoms with Gasteiger partial charge in [0.2, 0.25) is 5.91 Å². The number of amides is 1. The molecule has 0 bridgehead atoms. The molecule has 144 valence electrons. The van der Waals surface area contributed by atoms with Gasteiger partial charge in [-0.05, 0) is 37.3 Å². The van der Waals surface area contributed by atoms with Crippen LogP contribution in [0, 0.1) is 0 Å². The molecule has 3 aromatic rings. The normalized spacial score (nSPS) is 10.4. The lowest BCUT2D eigenvalue weighted by atomic mass is 10.1. The summed E-state index contributed by atoms with van der Waals surface area (Å²) in [5.41, 5.74) is 2.72. The van der Waals surface area contributed by atoms with E-state index in [0.29, 0.717) is 28.4 Å². The third-order valence-corrected chi connectivity index (χ3v) is 5.02. The second-order valence-corrected chi connectivity index (χ2v) is 6.93. The van der Waals surface area contributed by atoms with Crippen LogP contribution >= 0.6 is 11.3 Å². The number of hydrogen-bond donors (Lipinski definition) is 1. The lowest BCUT2D eigenvalue weighted by molar-refractivity contribution is -0.115. The van der Waals surface area contributed by atoms with E-state index in [1.807, 2.05) is 23.6 Å². The Bertz CT molecular complexity index is 1010. The summed E-state index contributed by atoms with van der Waals surface area (Å²) in [5, 5.41) is 5.46. The molecular formula is C21H20N2O4S. The second-order valence-electron chi connectivity index (χ2n) is 6.08. The number of hydrogen-bond acceptors (Lipinski definition) is 6. The number of ketones is 1. The molecular weight excluding hydrogens is 376 g/mol. The zero-order valence-corrected chi connectivity index (χ0v) is 16.6. The Balaban J connectivity index is 1.70. The van der Waals surface area contributed by atoms with E-state index in [1.165, 1.54) is 18.3 Å². The molecule has 0 spiro atoms. The van der Waals surface area contributed by atoms with Crippen molar-refractivity contribution < 1.29 is 19.1 Å². The molecule has 1 amide bonds. The molecule has 0 atom stereocenters. The molecule has 0 aliphatic heterocycles. The summed E-state index contributed by atoms with van der Waals surface area (Å²) < 4.78 is 10.6. The fraction of sp³-hybridized carbons (Fsp3) is 0.190. The van der Waals surface area contributed by atoms with Crippen molar-refractivity contribution in [1.29, 1.82) is 0 Å². The Morgan fingerprint density at radius 2 is 1.86 bits per heavy atom. The van der Waals surface area contributed by atoms with Crippen molar-refractivity contribution >= 4 is 28.7 Å². The van der Waals surface area contributed by atoms with Gasteiger partial charge in [0.05, 0.1) is 26.3 Å². The molecule has 7 heteroatoms. The molecule has 0 aliphatic carbocycles. The number of anilines is 1. The monoisotopic (exact) mass is 396 g/mol. The Kier molecular flexibility index (Phi) is 6.06. The molecule has 1 N–H and O–H groups in total. The summed E-state index contributed by atoms with van der Waals surface area (Å²) in [7, 11) is 3.17. The van der Waals surface area contributed by atoms with Crippen molar-refractivity contribution in [1.82, 2.24) is 4.98 Å². The Labute approximate surface area is 167 Å². The highest BCUT2D eigenvalue weighted by Crippen LogP contribution is 2.33. The maximum absolute atomic E-state index is 12.3. The summed E-state index contributed by atoms with van der Waals surface area (Å²) in [6, 6.07) is 12.4. The van der Waals surface area contributed by atoms with Crippen molar-refractivity contribution in [2.45, 2.75) is 13.3 Å².